The third-order valence-corrected chi connectivity index (χ3v) is 5.30. The van der Waals surface area contributed by atoms with E-state index in [4.69, 9.17) is 0 Å². The maximum atomic E-state index is 12.6. The topological polar surface area (TPSA) is 59.1 Å². The van der Waals surface area contributed by atoms with Gasteiger partial charge < -0.3 is 0 Å². The molecule has 2 rings (SSSR count). The maximum absolute atomic E-state index is 12.6. The molecule has 0 saturated heterocycles. The number of aromatic nitrogens is 1. The van der Waals surface area contributed by atoms with Crippen molar-refractivity contribution >= 4 is 43.0 Å². The first-order chi connectivity index (χ1) is 8.38. The molecular weight excluding hydrogens is 343 g/mol. The van der Waals surface area contributed by atoms with Crippen LogP contribution in [0.3, 0.4) is 0 Å². The SMILES string of the molecule is Cc1sc(Br)cc1S(=O)(=O)Nc1ccc(F)nc1. The average molecular weight is 351 g/mol. The third-order valence-electron chi connectivity index (χ3n) is 2.11. The van der Waals surface area contributed by atoms with Gasteiger partial charge in [-0.2, -0.15) is 4.39 Å². The summed E-state index contributed by atoms with van der Waals surface area (Å²) in [4.78, 5) is 4.25. The summed E-state index contributed by atoms with van der Waals surface area (Å²) in [6.07, 6.45) is 1.13. The van der Waals surface area contributed by atoms with Crippen LogP contribution in [-0.2, 0) is 10.0 Å². The second-order valence-corrected chi connectivity index (χ2v) is 7.73. The maximum Gasteiger partial charge on any atom is 0.263 e. The number of anilines is 1. The summed E-state index contributed by atoms with van der Waals surface area (Å²) in [6.45, 7) is 1.72. The van der Waals surface area contributed by atoms with Gasteiger partial charge in [0, 0.05) is 4.88 Å². The zero-order valence-electron chi connectivity index (χ0n) is 9.15. The lowest BCUT2D eigenvalue weighted by molar-refractivity contribution is 0.583. The van der Waals surface area contributed by atoms with E-state index < -0.39 is 16.0 Å². The van der Waals surface area contributed by atoms with Gasteiger partial charge in [0.1, 0.15) is 4.90 Å². The second-order valence-electron chi connectivity index (χ2n) is 3.45. The minimum Gasteiger partial charge on any atom is -0.278 e. The van der Waals surface area contributed by atoms with Gasteiger partial charge >= 0.3 is 0 Å². The van der Waals surface area contributed by atoms with Gasteiger partial charge in [0.15, 0.2) is 0 Å². The molecule has 2 heterocycles. The summed E-state index contributed by atoms with van der Waals surface area (Å²) in [7, 11) is -3.67. The predicted molar refractivity (Wildman–Crippen MR) is 71.8 cm³/mol. The van der Waals surface area contributed by atoms with Crippen LogP contribution in [0.4, 0.5) is 10.1 Å². The number of thiophene rings is 1. The fraction of sp³-hybridized carbons (Fsp3) is 0.100. The van der Waals surface area contributed by atoms with Crippen LogP contribution in [0, 0.1) is 12.9 Å². The fourth-order valence-electron chi connectivity index (χ4n) is 1.34. The minimum atomic E-state index is -3.67. The van der Waals surface area contributed by atoms with E-state index >= 15 is 0 Å². The predicted octanol–water partition coefficient (Wildman–Crippen LogP) is 3.15. The van der Waals surface area contributed by atoms with Crippen molar-refractivity contribution in [1.29, 1.82) is 0 Å². The summed E-state index contributed by atoms with van der Waals surface area (Å²) in [5.74, 6) is -0.660. The molecule has 0 unspecified atom stereocenters. The van der Waals surface area contributed by atoms with E-state index in [0.29, 0.717) is 4.88 Å². The van der Waals surface area contributed by atoms with Gasteiger partial charge in [0.05, 0.1) is 15.7 Å². The summed E-state index contributed by atoms with van der Waals surface area (Å²) < 4.78 is 39.8. The Hall–Kier alpha value is -0.990. The lowest BCUT2D eigenvalue weighted by atomic mass is 10.4. The van der Waals surface area contributed by atoms with Crippen LogP contribution in [0.25, 0.3) is 0 Å². The van der Waals surface area contributed by atoms with Crippen LogP contribution < -0.4 is 4.72 Å². The molecule has 0 atom stereocenters. The van der Waals surface area contributed by atoms with Crippen LogP contribution in [0.2, 0.25) is 0 Å². The average Bonchev–Trinajstić information content (AvgIpc) is 2.62. The van der Waals surface area contributed by atoms with Crippen molar-refractivity contribution < 1.29 is 12.8 Å². The summed E-state index contributed by atoms with van der Waals surface area (Å²) >= 11 is 4.57. The van der Waals surface area contributed by atoms with Crippen molar-refractivity contribution in [3.05, 3.63) is 39.0 Å². The molecule has 2 aromatic rings. The van der Waals surface area contributed by atoms with E-state index in [1.807, 2.05) is 0 Å². The summed E-state index contributed by atoms with van der Waals surface area (Å²) in [6, 6.07) is 3.93. The highest BCUT2D eigenvalue weighted by Crippen LogP contribution is 2.30. The molecule has 0 aromatic carbocycles. The molecule has 0 spiro atoms. The minimum absolute atomic E-state index is 0.198. The molecule has 96 valence electrons. The molecule has 0 aliphatic heterocycles. The molecular formula is C10H8BrFN2O2S2. The van der Waals surface area contributed by atoms with Crippen molar-refractivity contribution in [1.82, 2.24) is 4.98 Å². The molecule has 2 aromatic heterocycles. The van der Waals surface area contributed by atoms with Gasteiger partial charge in [-0.15, -0.1) is 11.3 Å². The molecule has 0 bridgehead atoms. The number of hydrogen-bond acceptors (Lipinski definition) is 4. The lowest BCUT2D eigenvalue weighted by Gasteiger charge is -2.06. The van der Waals surface area contributed by atoms with Crippen molar-refractivity contribution in [2.75, 3.05) is 4.72 Å². The van der Waals surface area contributed by atoms with Crippen molar-refractivity contribution in [2.45, 2.75) is 11.8 Å². The number of rotatable bonds is 3. The number of sulfonamides is 1. The first kappa shape index (κ1) is 13.4. The highest BCUT2D eigenvalue weighted by molar-refractivity contribution is 9.11. The number of aryl methyl sites for hydroxylation is 1. The molecule has 0 aliphatic rings. The lowest BCUT2D eigenvalue weighted by Crippen LogP contribution is -2.13. The van der Waals surface area contributed by atoms with E-state index in [1.54, 1.807) is 6.92 Å². The highest BCUT2D eigenvalue weighted by atomic mass is 79.9. The van der Waals surface area contributed by atoms with Gasteiger partial charge in [-0.3, -0.25) is 4.72 Å². The number of halogens is 2. The Kier molecular flexibility index (Phi) is 3.69. The summed E-state index contributed by atoms with van der Waals surface area (Å²) in [5, 5.41) is 0. The van der Waals surface area contributed by atoms with E-state index in [1.165, 1.54) is 23.5 Å². The quantitative estimate of drug-likeness (QED) is 0.865. The van der Waals surface area contributed by atoms with Crippen LogP contribution in [0.1, 0.15) is 4.88 Å². The third kappa shape index (κ3) is 2.88. The molecule has 0 aliphatic carbocycles. The zero-order valence-corrected chi connectivity index (χ0v) is 12.4. The first-order valence-corrected chi connectivity index (χ1v) is 7.88. The molecule has 0 radical (unpaired) electrons. The normalized spacial score (nSPS) is 11.5. The van der Waals surface area contributed by atoms with E-state index in [-0.39, 0.29) is 10.6 Å². The standard InChI is InChI=1S/C10H8BrFN2O2S2/c1-6-8(4-9(11)17-6)18(15,16)14-7-2-3-10(12)13-5-7/h2-5,14H,1H3. The Morgan fingerprint density at radius 1 is 1.44 bits per heavy atom. The van der Waals surface area contributed by atoms with Gasteiger partial charge in [0.2, 0.25) is 5.95 Å². The summed E-state index contributed by atoms with van der Waals surface area (Å²) in [5.41, 5.74) is 0.220. The molecule has 1 N–H and O–H groups in total. The highest BCUT2D eigenvalue weighted by Gasteiger charge is 2.19. The van der Waals surface area contributed by atoms with Gasteiger partial charge in [0.25, 0.3) is 10.0 Å². The Balaban J connectivity index is 2.33. The van der Waals surface area contributed by atoms with Crippen molar-refractivity contribution in [2.24, 2.45) is 0 Å². The molecule has 8 heteroatoms. The van der Waals surface area contributed by atoms with Gasteiger partial charge in [-0.25, -0.2) is 13.4 Å². The molecule has 4 nitrogen and oxygen atoms in total. The van der Waals surface area contributed by atoms with Gasteiger partial charge in [-0.05, 0) is 41.1 Å². The van der Waals surface area contributed by atoms with Crippen LogP contribution in [-0.4, -0.2) is 13.4 Å². The largest absolute Gasteiger partial charge is 0.278 e. The van der Waals surface area contributed by atoms with E-state index in [2.05, 4.69) is 25.6 Å². The molecule has 0 amide bonds. The van der Waals surface area contributed by atoms with Crippen LogP contribution in [0.5, 0.6) is 0 Å². The van der Waals surface area contributed by atoms with E-state index in [0.717, 1.165) is 16.0 Å². The number of nitrogens with zero attached hydrogens (tertiary/aromatic N) is 1. The molecule has 0 saturated carbocycles. The van der Waals surface area contributed by atoms with E-state index in [9.17, 15) is 12.8 Å². The number of hydrogen-bond donors (Lipinski definition) is 1. The Morgan fingerprint density at radius 3 is 2.67 bits per heavy atom. The number of nitrogens with one attached hydrogen (secondary N) is 1. The Bertz CT molecular complexity index is 668. The Morgan fingerprint density at radius 2 is 2.17 bits per heavy atom. The Labute approximate surface area is 116 Å². The number of pyridine rings is 1. The first-order valence-electron chi connectivity index (χ1n) is 4.79. The van der Waals surface area contributed by atoms with Crippen LogP contribution in [0.15, 0.2) is 33.1 Å². The van der Waals surface area contributed by atoms with Crippen molar-refractivity contribution in [3.8, 4) is 0 Å². The van der Waals surface area contributed by atoms with Crippen molar-refractivity contribution in [3.63, 3.8) is 0 Å². The van der Waals surface area contributed by atoms with Crippen LogP contribution >= 0.6 is 27.3 Å². The fourth-order valence-corrected chi connectivity index (χ4v) is 4.80. The molecule has 18 heavy (non-hydrogen) atoms. The smallest absolute Gasteiger partial charge is 0.263 e. The molecule has 0 fully saturated rings. The zero-order chi connectivity index (χ0) is 13.3. The second kappa shape index (κ2) is 4.94. The monoisotopic (exact) mass is 350 g/mol. The van der Waals surface area contributed by atoms with Gasteiger partial charge in [-0.1, -0.05) is 0 Å².